The number of hydrogen-bond donors (Lipinski definition) is 4. The third-order valence-electron chi connectivity index (χ3n) is 4.30. The zero-order chi connectivity index (χ0) is 18.8. The highest BCUT2D eigenvalue weighted by atomic mass is 16.2. The van der Waals surface area contributed by atoms with Crippen LogP contribution in [0.4, 0.5) is 22.7 Å². The van der Waals surface area contributed by atoms with Crippen LogP contribution in [-0.2, 0) is 0 Å². The molecule has 1 aliphatic heterocycles. The van der Waals surface area contributed by atoms with Gasteiger partial charge in [0, 0.05) is 60.1 Å². The fraction of sp³-hybridized carbons (Fsp3) is 0.222. The quantitative estimate of drug-likeness (QED) is 0.582. The lowest BCUT2D eigenvalue weighted by Crippen LogP contribution is -2.50. The van der Waals surface area contributed by atoms with Crippen molar-refractivity contribution in [3.05, 3.63) is 47.5 Å². The molecule has 3 rings (SSSR count). The zero-order valence-corrected chi connectivity index (χ0v) is 14.3. The van der Waals surface area contributed by atoms with Crippen LogP contribution in [0.15, 0.2) is 36.4 Å². The molecule has 8 N–H and O–H groups in total. The normalized spacial score (nSPS) is 14.3. The summed E-state index contributed by atoms with van der Waals surface area (Å²) in [5.41, 5.74) is 25.7. The van der Waals surface area contributed by atoms with Crippen LogP contribution in [0.25, 0.3) is 0 Å². The molecule has 2 aromatic rings. The van der Waals surface area contributed by atoms with Crippen LogP contribution in [0.5, 0.6) is 0 Å². The molecule has 2 aromatic carbocycles. The number of benzene rings is 2. The maximum absolute atomic E-state index is 12.6. The molecule has 26 heavy (non-hydrogen) atoms. The van der Waals surface area contributed by atoms with Crippen molar-refractivity contribution < 1.29 is 9.59 Å². The lowest BCUT2D eigenvalue weighted by atomic mass is 10.1. The predicted molar refractivity (Wildman–Crippen MR) is 102 cm³/mol. The molecule has 0 saturated carbocycles. The summed E-state index contributed by atoms with van der Waals surface area (Å²) < 4.78 is 0. The van der Waals surface area contributed by atoms with Crippen molar-refractivity contribution in [1.82, 2.24) is 9.80 Å². The summed E-state index contributed by atoms with van der Waals surface area (Å²) in [6.45, 7) is 1.71. The largest absolute Gasteiger partial charge is 0.399 e. The Morgan fingerprint density at radius 1 is 0.577 bits per heavy atom. The molecule has 8 heteroatoms. The van der Waals surface area contributed by atoms with Gasteiger partial charge in [0.25, 0.3) is 11.8 Å². The summed E-state index contributed by atoms with van der Waals surface area (Å²) in [5, 5.41) is 0. The van der Waals surface area contributed by atoms with Gasteiger partial charge in [0.1, 0.15) is 0 Å². The molecule has 2 amide bonds. The fourth-order valence-corrected chi connectivity index (χ4v) is 3.08. The van der Waals surface area contributed by atoms with Crippen molar-refractivity contribution in [3.63, 3.8) is 0 Å². The van der Waals surface area contributed by atoms with E-state index in [-0.39, 0.29) is 11.8 Å². The number of nitrogen functional groups attached to an aromatic ring is 4. The number of carbonyl (C=O) groups is 2. The number of piperazine rings is 1. The number of nitrogens with two attached hydrogens (primary N) is 4. The molecule has 0 unspecified atom stereocenters. The van der Waals surface area contributed by atoms with Crippen molar-refractivity contribution in [1.29, 1.82) is 0 Å². The SMILES string of the molecule is Nc1cc(N)cc(C(=O)N2CCN(C(=O)c3cc(N)cc(N)c3)CC2)c1. The molecule has 1 heterocycles. The van der Waals surface area contributed by atoms with E-state index >= 15 is 0 Å². The highest BCUT2D eigenvalue weighted by Crippen LogP contribution is 2.19. The molecule has 0 aromatic heterocycles. The van der Waals surface area contributed by atoms with Crippen LogP contribution in [0.2, 0.25) is 0 Å². The van der Waals surface area contributed by atoms with Gasteiger partial charge >= 0.3 is 0 Å². The van der Waals surface area contributed by atoms with E-state index in [1.807, 2.05) is 0 Å². The average Bonchev–Trinajstić information content (AvgIpc) is 2.59. The van der Waals surface area contributed by atoms with Gasteiger partial charge in [0.15, 0.2) is 0 Å². The van der Waals surface area contributed by atoms with Gasteiger partial charge in [0.2, 0.25) is 0 Å². The summed E-state index contributed by atoms with van der Waals surface area (Å²) in [6.07, 6.45) is 0. The van der Waals surface area contributed by atoms with Gasteiger partial charge in [-0.3, -0.25) is 9.59 Å². The first-order valence-corrected chi connectivity index (χ1v) is 8.24. The van der Waals surface area contributed by atoms with E-state index in [0.717, 1.165) is 0 Å². The van der Waals surface area contributed by atoms with Gasteiger partial charge in [-0.2, -0.15) is 0 Å². The summed E-state index contributed by atoms with van der Waals surface area (Å²) >= 11 is 0. The molecule has 1 saturated heterocycles. The van der Waals surface area contributed by atoms with E-state index < -0.39 is 0 Å². The van der Waals surface area contributed by atoms with Gasteiger partial charge in [-0.05, 0) is 36.4 Å². The van der Waals surface area contributed by atoms with E-state index in [9.17, 15) is 9.59 Å². The van der Waals surface area contributed by atoms with E-state index in [1.165, 1.54) is 0 Å². The molecule has 8 nitrogen and oxygen atoms in total. The number of rotatable bonds is 2. The zero-order valence-electron chi connectivity index (χ0n) is 14.3. The Kier molecular flexibility index (Phi) is 4.57. The molecule has 0 aliphatic carbocycles. The maximum Gasteiger partial charge on any atom is 0.254 e. The minimum Gasteiger partial charge on any atom is -0.399 e. The Bertz CT molecular complexity index is 747. The van der Waals surface area contributed by atoms with E-state index in [2.05, 4.69) is 0 Å². The van der Waals surface area contributed by atoms with E-state index in [4.69, 9.17) is 22.9 Å². The summed E-state index contributed by atoms with van der Waals surface area (Å²) in [5.74, 6) is -0.298. The second kappa shape index (κ2) is 6.83. The first-order valence-electron chi connectivity index (χ1n) is 8.24. The Morgan fingerprint density at radius 3 is 1.12 bits per heavy atom. The number of carbonyl (C=O) groups excluding carboxylic acids is 2. The number of nitrogens with zero attached hydrogens (tertiary/aromatic N) is 2. The second-order valence-corrected chi connectivity index (χ2v) is 6.36. The van der Waals surface area contributed by atoms with Crippen LogP contribution in [0, 0.1) is 0 Å². The van der Waals surface area contributed by atoms with Gasteiger partial charge in [0.05, 0.1) is 0 Å². The smallest absolute Gasteiger partial charge is 0.254 e. The van der Waals surface area contributed by atoms with Crippen LogP contribution in [0.1, 0.15) is 20.7 Å². The van der Waals surface area contributed by atoms with Crippen molar-refractivity contribution in [3.8, 4) is 0 Å². The first-order chi connectivity index (χ1) is 12.3. The van der Waals surface area contributed by atoms with Gasteiger partial charge in [-0.1, -0.05) is 0 Å². The van der Waals surface area contributed by atoms with Crippen molar-refractivity contribution in [2.24, 2.45) is 0 Å². The number of anilines is 4. The third-order valence-corrected chi connectivity index (χ3v) is 4.30. The molecule has 0 bridgehead atoms. The Hall–Kier alpha value is -3.42. The lowest BCUT2D eigenvalue weighted by molar-refractivity contribution is 0.0535. The maximum atomic E-state index is 12.6. The second-order valence-electron chi connectivity index (χ2n) is 6.36. The van der Waals surface area contributed by atoms with Crippen LogP contribution in [0.3, 0.4) is 0 Å². The topological polar surface area (TPSA) is 145 Å². The van der Waals surface area contributed by atoms with Gasteiger partial charge in [-0.15, -0.1) is 0 Å². The van der Waals surface area contributed by atoms with Crippen molar-refractivity contribution in [2.45, 2.75) is 0 Å². The predicted octanol–water partition coefficient (Wildman–Crippen LogP) is 0.614. The molecular formula is C18H22N6O2. The van der Waals surface area contributed by atoms with Crippen LogP contribution < -0.4 is 22.9 Å². The van der Waals surface area contributed by atoms with E-state index in [0.29, 0.717) is 60.1 Å². The Balaban J connectivity index is 1.67. The van der Waals surface area contributed by atoms with E-state index in [1.54, 1.807) is 46.2 Å². The summed E-state index contributed by atoms with van der Waals surface area (Å²) in [7, 11) is 0. The summed E-state index contributed by atoms with van der Waals surface area (Å²) in [4.78, 5) is 28.6. The minimum absolute atomic E-state index is 0.149. The van der Waals surface area contributed by atoms with Crippen LogP contribution >= 0.6 is 0 Å². The first kappa shape index (κ1) is 17.4. The minimum atomic E-state index is -0.149. The molecule has 0 spiro atoms. The number of hydrogen-bond acceptors (Lipinski definition) is 6. The lowest BCUT2D eigenvalue weighted by Gasteiger charge is -2.35. The molecule has 1 fully saturated rings. The molecule has 0 radical (unpaired) electrons. The van der Waals surface area contributed by atoms with Gasteiger partial charge in [-0.25, -0.2) is 0 Å². The fourth-order valence-electron chi connectivity index (χ4n) is 3.08. The highest BCUT2D eigenvalue weighted by Gasteiger charge is 2.26. The molecular weight excluding hydrogens is 332 g/mol. The third kappa shape index (κ3) is 3.64. The monoisotopic (exact) mass is 354 g/mol. The molecule has 0 atom stereocenters. The number of amides is 2. The Labute approximate surface area is 151 Å². The van der Waals surface area contributed by atoms with Crippen molar-refractivity contribution >= 4 is 34.6 Å². The Morgan fingerprint density at radius 2 is 0.846 bits per heavy atom. The standard InChI is InChI=1S/C18H22N6O2/c19-13-5-11(6-14(20)9-13)17(25)23-1-2-24(4-3-23)18(26)12-7-15(21)10-16(22)8-12/h5-10H,1-4,19-22H2. The summed E-state index contributed by atoms with van der Waals surface area (Å²) in [6, 6.07) is 9.62. The van der Waals surface area contributed by atoms with Crippen LogP contribution in [-0.4, -0.2) is 47.8 Å². The van der Waals surface area contributed by atoms with Gasteiger partial charge < -0.3 is 32.7 Å². The molecule has 1 aliphatic rings. The average molecular weight is 354 g/mol. The van der Waals surface area contributed by atoms with Crippen molar-refractivity contribution in [2.75, 3.05) is 49.1 Å². The molecule has 136 valence electrons. The highest BCUT2D eigenvalue weighted by molar-refractivity contribution is 5.98.